The first-order chi connectivity index (χ1) is 26.4. The summed E-state index contributed by atoms with van der Waals surface area (Å²) >= 11 is 0. The van der Waals surface area contributed by atoms with Gasteiger partial charge in [-0.25, -0.2) is 9.78 Å². The third-order valence-corrected chi connectivity index (χ3v) is 7.03. The number of carbonyl (C=O) groups is 4. The van der Waals surface area contributed by atoms with Crippen LogP contribution in [0.1, 0.15) is 80.5 Å². The zero-order chi connectivity index (χ0) is 40.3. The fraction of sp³-hybridized carbons (Fsp3) is 0.263. The summed E-state index contributed by atoms with van der Waals surface area (Å²) in [5.74, 6) is -1.17. The van der Waals surface area contributed by atoms with Crippen molar-refractivity contribution in [1.29, 1.82) is 10.8 Å². The maximum absolute atomic E-state index is 12.5. The Morgan fingerprint density at radius 1 is 0.582 bits per heavy atom. The van der Waals surface area contributed by atoms with E-state index in [0.29, 0.717) is 60.6 Å². The first-order valence-electron chi connectivity index (χ1n) is 17.1. The number of hydrogen-bond donors (Lipinski definition) is 7. The average molecular weight is 758 g/mol. The molecule has 0 aliphatic carbocycles. The number of aromatic nitrogens is 2. The van der Waals surface area contributed by atoms with Crippen molar-refractivity contribution in [2.45, 2.75) is 27.7 Å². The van der Waals surface area contributed by atoms with Gasteiger partial charge < -0.3 is 45.1 Å². The van der Waals surface area contributed by atoms with E-state index in [9.17, 15) is 19.2 Å². The predicted molar refractivity (Wildman–Crippen MR) is 201 cm³/mol. The molecular weight excluding hydrogens is 714 g/mol. The minimum absolute atomic E-state index is 0.0784. The Balaban J connectivity index is 0.000000297. The molecule has 0 saturated heterocycles. The number of carbonyl (C=O) groups excluding carboxylic acids is 3. The lowest BCUT2D eigenvalue weighted by atomic mass is 10.1. The fourth-order valence-corrected chi connectivity index (χ4v) is 4.57. The van der Waals surface area contributed by atoms with E-state index in [2.05, 4.69) is 25.9 Å². The van der Waals surface area contributed by atoms with E-state index in [1.165, 1.54) is 42.7 Å². The number of carboxylic acids is 1. The Kier molecular flexibility index (Phi) is 16.7. The number of rotatable bonds is 16. The molecule has 3 amide bonds. The number of nitrogens with one attached hydrogen (secondary N) is 5. The summed E-state index contributed by atoms with van der Waals surface area (Å²) < 4.78 is 21.9. The van der Waals surface area contributed by atoms with E-state index in [1.54, 1.807) is 30.3 Å². The van der Waals surface area contributed by atoms with Gasteiger partial charge in [0.1, 0.15) is 23.1 Å². The largest absolute Gasteiger partial charge is 0.490 e. The normalized spacial score (nSPS) is 10.1. The van der Waals surface area contributed by atoms with Crippen LogP contribution in [0.2, 0.25) is 0 Å². The number of aromatic carboxylic acids is 1. The van der Waals surface area contributed by atoms with Gasteiger partial charge in [0.05, 0.1) is 33.0 Å². The Morgan fingerprint density at radius 3 is 1.42 bits per heavy atom. The van der Waals surface area contributed by atoms with Crippen molar-refractivity contribution in [3.05, 3.63) is 107 Å². The highest BCUT2D eigenvalue weighted by Crippen LogP contribution is 2.29. The quantitative estimate of drug-likeness (QED) is 0.0638. The molecule has 2 aromatic carbocycles. The van der Waals surface area contributed by atoms with Gasteiger partial charge in [0.15, 0.2) is 23.0 Å². The van der Waals surface area contributed by atoms with Gasteiger partial charge in [-0.2, -0.15) is 0 Å². The monoisotopic (exact) mass is 757 g/mol. The molecule has 0 aliphatic rings. The van der Waals surface area contributed by atoms with Gasteiger partial charge in [-0.05, 0) is 88.4 Å². The number of amidine groups is 2. The highest BCUT2D eigenvalue weighted by atomic mass is 16.5. The summed E-state index contributed by atoms with van der Waals surface area (Å²) in [6, 6.07) is 15.1. The van der Waals surface area contributed by atoms with Crippen molar-refractivity contribution in [3.8, 4) is 23.0 Å². The van der Waals surface area contributed by atoms with Crippen LogP contribution < -0.4 is 34.9 Å². The molecule has 7 N–H and O–H groups in total. The molecular formula is C38H43N7O10. The van der Waals surface area contributed by atoms with E-state index in [4.69, 9.17) is 40.0 Å². The number of hydrogen-bond acceptors (Lipinski definition) is 13. The van der Waals surface area contributed by atoms with Gasteiger partial charge >= 0.3 is 5.97 Å². The Labute approximate surface area is 317 Å². The summed E-state index contributed by atoms with van der Waals surface area (Å²) in [6.07, 6.45) is 2.64. The van der Waals surface area contributed by atoms with Gasteiger partial charge in [0, 0.05) is 41.2 Å². The third kappa shape index (κ3) is 12.6. The standard InChI is InChI=1S/C20H24N4O5.C18H19N3O5/c1-3-28-16-6-5-14(12-17(16)29-4-2)19(26)24-18(21)13-7-8-22-15(11-13)20(27)23-9-10-25;1-3-25-14-6-5-12(10-15(14)26-4-2)17(22)21-16(19)11-7-8-20-13(9-11)18(23)24/h5-8,11-12,25H,3-4,9-10H2,1-2H3,(H,23,27)(H2,21,24,26);5-10H,3-4H2,1-2H3,(H,23,24)(H2,19,21,22). The zero-order valence-electron chi connectivity index (χ0n) is 30.7. The van der Waals surface area contributed by atoms with Crippen molar-refractivity contribution in [1.82, 2.24) is 25.9 Å². The molecule has 2 heterocycles. The van der Waals surface area contributed by atoms with Crippen LogP contribution in [-0.4, -0.2) is 95.1 Å². The molecule has 0 atom stereocenters. The molecule has 0 saturated carbocycles. The number of aliphatic hydroxyl groups is 1. The summed E-state index contributed by atoms with van der Waals surface area (Å²) in [5.41, 5.74) is 1.02. The summed E-state index contributed by atoms with van der Waals surface area (Å²) in [7, 11) is 0. The first kappa shape index (κ1) is 42.5. The molecule has 4 rings (SSSR count). The van der Waals surface area contributed by atoms with Crippen LogP contribution in [0.3, 0.4) is 0 Å². The number of amides is 3. The van der Waals surface area contributed by atoms with Gasteiger partial charge in [0.25, 0.3) is 17.7 Å². The van der Waals surface area contributed by atoms with Crippen molar-refractivity contribution in [2.75, 3.05) is 39.6 Å². The first-order valence-corrected chi connectivity index (χ1v) is 17.1. The smallest absolute Gasteiger partial charge is 0.354 e. The van der Waals surface area contributed by atoms with Crippen molar-refractivity contribution in [3.63, 3.8) is 0 Å². The minimum atomic E-state index is -1.21. The molecule has 290 valence electrons. The van der Waals surface area contributed by atoms with Gasteiger partial charge in [0.2, 0.25) is 0 Å². The topological polar surface area (TPSA) is 255 Å². The van der Waals surface area contributed by atoms with Crippen LogP contribution in [-0.2, 0) is 0 Å². The molecule has 0 spiro atoms. The van der Waals surface area contributed by atoms with E-state index < -0.39 is 23.7 Å². The average Bonchev–Trinajstić information content (AvgIpc) is 3.18. The number of ether oxygens (including phenoxy) is 4. The molecule has 17 heteroatoms. The third-order valence-electron chi connectivity index (χ3n) is 7.03. The Hall–Kier alpha value is -6.88. The maximum atomic E-state index is 12.5. The lowest BCUT2D eigenvalue weighted by molar-refractivity contribution is 0.0689. The molecule has 0 radical (unpaired) electrons. The number of aliphatic hydroxyl groups excluding tert-OH is 1. The van der Waals surface area contributed by atoms with Gasteiger partial charge in [-0.15, -0.1) is 0 Å². The second-order valence-corrected chi connectivity index (χ2v) is 10.9. The number of benzene rings is 2. The van der Waals surface area contributed by atoms with Crippen molar-refractivity contribution < 1.29 is 48.3 Å². The lowest BCUT2D eigenvalue weighted by Crippen LogP contribution is -2.31. The number of carboxylic acid groups (broad SMARTS) is 1. The molecule has 0 aliphatic heterocycles. The number of nitrogens with zero attached hydrogens (tertiary/aromatic N) is 2. The van der Waals surface area contributed by atoms with E-state index in [0.717, 1.165) is 0 Å². The summed E-state index contributed by atoms with van der Waals surface area (Å²) in [4.78, 5) is 55.4. The molecule has 2 aromatic heterocycles. The van der Waals surface area contributed by atoms with Crippen LogP contribution in [0.15, 0.2) is 73.1 Å². The van der Waals surface area contributed by atoms with Crippen LogP contribution >= 0.6 is 0 Å². The highest BCUT2D eigenvalue weighted by Gasteiger charge is 2.17. The van der Waals surface area contributed by atoms with Crippen LogP contribution in [0.25, 0.3) is 0 Å². The molecule has 0 fully saturated rings. The second-order valence-electron chi connectivity index (χ2n) is 10.9. The fourth-order valence-electron chi connectivity index (χ4n) is 4.57. The molecule has 0 unspecified atom stereocenters. The van der Waals surface area contributed by atoms with Crippen LogP contribution in [0.4, 0.5) is 0 Å². The van der Waals surface area contributed by atoms with E-state index >= 15 is 0 Å². The van der Waals surface area contributed by atoms with E-state index in [1.807, 2.05) is 27.7 Å². The van der Waals surface area contributed by atoms with Crippen LogP contribution in [0.5, 0.6) is 23.0 Å². The van der Waals surface area contributed by atoms with Gasteiger partial charge in [-0.3, -0.25) is 30.2 Å². The van der Waals surface area contributed by atoms with Gasteiger partial charge in [-0.1, -0.05) is 0 Å². The molecule has 55 heavy (non-hydrogen) atoms. The van der Waals surface area contributed by atoms with Crippen molar-refractivity contribution in [2.24, 2.45) is 0 Å². The van der Waals surface area contributed by atoms with E-state index in [-0.39, 0.29) is 47.3 Å². The molecule has 0 bridgehead atoms. The van der Waals surface area contributed by atoms with Crippen molar-refractivity contribution >= 4 is 35.4 Å². The number of pyridine rings is 2. The Bertz CT molecular complexity index is 2000. The maximum Gasteiger partial charge on any atom is 0.354 e. The molecule has 4 aromatic rings. The Morgan fingerprint density at radius 2 is 1.00 bits per heavy atom. The minimum Gasteiger partial charge on any atom is -0.490 e. The summed E-state index contributed by atoms with van der Waals surface area (Å²) in [6.45, 7) is 9.01. The van der Waals surface area contributed by atoms with Crippen LogP contribution in [0, 0.1) is 10.8 Å². The molecule has 17 nitrogen and oxygen atoms in total. The second kappa shape index (κ2) is 21.6. The lowest BCUT2D eigenvalue weighted by Gasteiger charge is -2.13. The highest BCUT2D eigenvalue weighted by molar-refractivity contribution is 6.13. The SMILES string of the molecule is CCOc1ccc(C(=O)NC(=N)c2ccnc(C(=O)NCCO)c2)cc1OCC.CCOc1ccc(C(=O)NC(=N)c2ccnc(C(=O)O)c2)cc1OCC. The predicted octanol–water partition coefficient (Wildman–Crippen LogP) is 3.69. The summed E-state index contributed by atoms with van der Waals surface area (Å²) in [5, 5.41) is 41.3. The zero-order valence-corrected chi connectivity index (χ0v) is 30.7.